The van der Waals surface area contributed by atoms with Crippen molar-refractivity contribution >= 4 is 22.8 Å². The van der Waals surface area contributed by atoms with Crippen LogP contribution >= 0.6 is 0 Å². The van der Waals surface area contributed by atoms with Gasteiger partial charge in [-0.3, -0.25) is 4.90 Å². The molecule has 1 aliphatic rings. The molecular formula is C31H36N4O3. The molecule has 1 unspecified atom stereocenters. The van der Waals surface area contributed by atoms with Gasteiger partial charge in [0.1, 0.15) is 5.52 Å². The molecule has 0 spiro atoms. The van der Waals surface area contributed by atoms with Crippen molar-refractivity contribution < 1.29 is 9.21 Å². The molecule has 3 aromatic carbocycles. The van der Waals surface area contributed by atoms with E-state index in [9.17, 15) is 9.59 Å². The lowest BCUT2D eigenvalue weighted by Gasteiger charge is -2.36. The van der Waals surface area contributed by atoms with Gasteiger partial charge >= 0.3 is 11.8 Å². The SMILES string of the molecule is CC(C)CC(C)NC(=O)n1c(=O)oc2c(N3CCN(Cc4cccc(-c5ccccc5)c4)CC3)cccc21. The number of nitrogens with one attached hydrogen (secondary N) is 1. The molecule has 1 amide bonds. The smallest absolute Gasteiger partial charge is 0.405 e. The number of amides is 1. The molecule has 1 aliphatic heterocycles. The Balaban J connectivity index is 1.27. The van der Waals surface area contributed by atoms with Gasteiger partial charge in [-0.1, -0.05) is 68.4 Å². The molecule has 0 saturated carbocycles. The van der Waals surface area contributed by atoms with E-state index >= 15 is 0 Å². The zero-order valence-electron chi connectivity index (χ0n) is 22.4. The predicted molar refractivity (Wildman–Crippen MR) is 153 cm³/mol. The number of anilines is 1. The molecule has 2 heterocycles. The largest absolute Gasteiger partial charge is 0.428 e. The zero-order valence-corrected chi connectivity index (χ0v) is 22.4. The van der Waals surface area contributed by atoms with Crippen LogP contribution in [-0.2, 0) is 6.54 Å². The molecule has 38 heavy (non-hydrogen) atoms. The van der Waals surface area contributed by atoms with E-state index in [4.69, 9.17) is 4.42 Å². The van der Waals surface area contributed by atoms with Gasteiger partial charge in [0, 0.05) is 38.8 Å². The number of rotatable bonds is 7. The second-order valence-electron chi connectivity index (χ2n) is 10.6. The zero-order chi connectivity index (χ0) is 26.6. The van der Waals surface area contributed by atoms with Crippen LogP contribution in [-0.4, -0.2) is 47.7 Å². The van der Waals surface area contributed by atoms with Crippen LogP contribution in [0.5, 0.6) is 0 Å². The number of benzene rings is 3. The molecule has 0 bridgehead atoms. The maximum Gasteiger partial charge on any atom is 0.428 e. The Hall–Kier alpha value is -3.84. The highest BCUT2D eigenvalue weighted by molar-refractivity contribution is 5.94. The van der Waals surface area contributed by atoms with Crippen molar-refractivity contribution in [2.75, 3.05) is 31.1 Å². The lowest BCUT2D eigenvalue weighted by atomic mass is 10.0. The van der Waals surface area contributed by atoms with Crippen LogP contribution in [0, 0.1) is 5.92 Å². The Morgan fingerprint density at radius 1 is 0.895 bits per heavy atom. The minimum absolute atomic E-state index is 0.0380. The number of hydrogen-bond acceptors (Lipinski definition) is 5. The maximum absolute atomic E-state index is 12.9. The molecule has 198 valence electrons. The van der Waals surface area contributed by atoms with Crippen molar-refractivity contribution in [2.24, 2.45) is 5.92 Å². The maximum atomic E-state index is 12.9. The van der Waals surface area contributed by atoms with Crippen molar-refractivity contribution in [2.45, 2.75) is 39.8 Å². The summed E-state index contributed by atoms with van der Waals surface area (Å²) in [5.74, 6) is -0.208. The van der Waals surface area contributed by atoms with Gasteiger partial charge in [-0.15, -0.1) is 0 Å². The van der Waals surface area contributed by atoms with E-state index in [2.05, 4.69) is 77.5 Å². The lowest BCUT2D eigenvalue weighted by Crippen LogP contribution is -2.46. The Kier molecular flexibility index (Phi) is 7.65. The van der Waals surface area contributed by atoms with E-state index in [0.29, 0.717) is 17.0 Å². The van der Waals surface area contributed by atoms with E-state index in [1.807, 2.05) is 25.1 Å². The standard InChI is InChI=1S/C31H36N4O3/c1-22(2)19-23(3)32-30(36)35-28-14-8-13-27(29(28)38-31(35)37)34-17-15-33(16-18-34)21-24-9-7-12-26(20-24)25-10-5-4-6-11-25/h4-14,20,22-23H,15-19,21H2,1-3H3,(H,32,36). The number of carbonyl (C=O) groups excluding carboxylic acids is 1. The monoisotopic (exact) mass is 512 g/mol. The molecular weight excluding hydrogens is 476 g/mol. The second-order valence-corrected chi connectivity index (χ2v) is 10.6. The molecule has 1 atom stereocenters. The Labute approximate surface area is 223 Å². The van der Waals surface area contributed by atoms with Crippen LogP contribution < -0.4 is 16.0 Å². The molecule has 1 aromatic heterocycles. The number of piperazine rings is 1. The normalized spacial score (nSPS) is 15.2. The van der Waals surface area contributed by atoms with E-state index in [-0.39, 0.29) is 6.04 Å². The van der Waals surface area contributed by atoms with Crippen LogP contribution in [0.25, 0.3) is 22.2 Å². The molecule has 1 saturated heterocycles. The summed E-state index contributed by atoms with van der Waals surface area (Å²) in [4.78, 5) is 30.3. The molecule has 0 aliphatic carbocycles. The number of para-hydroxylation sites is 1. The van der Waals surface area contributed by atoms with Crippen LogP contribution in [0.1, 0.15) is 32.8 Å². The first kappa shape index (κ1) is 25.8. The third-order valence-corrected chi connectivity index (χ3v) is 7.14. The molecule has 4 aromatic rings. The fourth-order valence-electron chi connectivity index (χ4n) is 5.39. The minimum Gasteiger partial charge on any atom is -0.405 e. The van der Waals surface area contributed by atoms with Crippen LogP contribution in [0.2, 0.25) is 0 Å². The number of nitrogens with zero attached hydrogens (tertiary/aromatic N) is 3. The second kappa shape index (κ2) is 11.3. The fraction of sp³-hybridized carbons (Fsp3) is 0.355. The van der Waals surface area contributed by atoms with Gasteiger partial charge < -0.3 is 14.6 Å². The molecule has 1 N–H and O–H groups in total. The third kappa shape index (κ3) is 5.68. The van der Waals surface area contributed by atoms with Crippen molar-refractivity contribution in [3.8, 4) is 11.1 Å². The molecule has 1 fully saturated rings. The number of fused-ring (bicyclic) bond motifs is 1. The lowest BCUT2D eigenvalue weighted by molar-refractivity contribution is 0.236. The van der Waals surface area contributed by atoms with Gasteiger partial charge in [-0.05, 0) is 54.2 Å². The predicted octanol–water partition coefficient (Wildman–Crippen LogP) is 5.58. The van der Waals surface area contributed by atoms with Gasteiger partial charge in [-0.2, -0.15) is 4.57 Å². The average Bonchev–Trinajstić information content (AvgIpc) is 3.25. The van der Waals surface area contributed by atoms with E-state index in [0.717, 1.165) is 49.4 Å². The number of hydrogen-bond donors (Lipinski definition) is 1. The third-order valence-electron chi connectivity index (χ3n) is 7.14. The van der Waals surface area contributed by atoms with Crippen LogP contribution in [0.3, 0.4) is 0 Å². The first-order chi connectivity index (χ1) is 18.4. The first-order valence-electron chi connectivity index (χ1n) is 13.5. The Bertz CT molecular complexity index is 1450. The summed E-state index contributed by atoms with van der Waals surface area (Å²) in [7, 11) is 0. The fourth-order valence-corrected chi connectivity index (χ4v) is 5.39. The van der Waals surface area contributed by atoms with Crippen LogP contribution in [0.4, 0.5) is 10.5 Å². The Morgan fingerprint density at radius 3 is 2.34 bits per heavy atom. The van der Waals surface area contributed by atoms with Crippen molar-refractivity contribution in [1.82, 2.24) is 14.8 Å². The summed E-state index contributed by atoms with van der Waals surface area (Å²) in [6.07, 6.45) is 0.836. The van der Waals surface area contributed by atoms with E-state index in [1.54, 1.807) is 6.07 Å². The molecule has 5 rings (SSSR count). The van der Waals surface area contributed by atoms with E-state index in [1.165, 1.54) is 16.7 Å². The number of carbonyl (C=O) groups is 1. The highest BCUT2D eigenvalue weighted by atomic mass is 16.4. The first-order valence-corrected chi connectivity index (χ1v) is 13.5. The van der Waals surface area contributed by atoms with Crippen LogP contribution in [0.15, 0.2) is 82.0 Å². The minimum atomic E-state index is -0.654. The van der Waals surface area contributed by atoms with Gasteiger partial charge in [0.25, 0.3) is 0 Å². The summed E-state index contributed by atoms with van der Waals surface area (Å²) in [6, 6.07) is 24.3. The number of aromatic nitrogens is 1. The number of oxazole rings is 1. The summed E-state index contributed by atoms with van der Waals surface area (Å²) in [5.41, 5.74) is 5.57. The van der Waals surface area contributed by atoms with Gasteiger partial charge in [0.2, 0.25) is 0 Å². The van der Waals surface area contributed by atoms with Crippen molar-refractivity contribution in [3.63, 3.8) is 0 Å². The van der Waals surface area contributed by atoms with Crippen molar-refractivity contribution in [3.05, 3.63) is 88.9 Å². The average molecular weight is 513 g/mol. The summed E-state index contributed by atoms with van der Waals surface area (Å²) >= 11 is 0. The topological polar surface area (TPSA) is 70.7 Å². The quantitative estimate of drug-likeness (QED) is 0.350. The van der Waals surface area contributed by atoms with Crippen molar-refractivity contribution in [1.29, 1.82) is 0 Å². The summed E-state index contributed by atoms with van der Waals surface area (Å²) < 4.78 is 6.75. The summed E-state index contributed by atoms with van der Waals surface area (Å²) in [5, 5.41) is 2.93. The Morgan fingerprint density at radius 2 is 1.61 bits per heavy atom. The summed E-state index contributed by atoms with van der Waals surface area (Å²) in [6.45, 7) is 10.5. The van der Waals surface area contributed by atoms with Gasteiger partial charge in [-0.25, -0.2) is 9.59 Å². The van der Waals surface area contributed by atoms with Gasteiger partial charge in [0.15, 0.2) is 5.58 Å². The highest BCUT2D eigenvalue weighted by Crippen LogP contribution is 2.28. The molecule has 7 heteroatoms. The van der Waals surface area contributed by atoms with Gasteiger partial charge in [0.05, 0.1) is 5.69 Å². The molecule has 0 radical (unpaired) electrons. The molecule has 7 nitrogen and oxygen atoms in total. The van der Waals surface area contributed by atoms with E-state index < -0.39 is 11.8 Å². The highest BCUT2D eigenvalue weighted by Gasteiger charge is 2.24.